The van der Waals surface area contributed by atoms with Crippen molar-refractivity contribution in [1.82, 2.24) is 0 Å². The van der Waals surface area contributed by atoms with E-state index in [0.717, 1.165) is 31.4 Å². The van der Waals surface area contributed by atoms with E-state index in [0.29, 0.717) is 0 Å². The van der Waals surface area contributed by atoms with Gasteiger partial charge < -0.3 is 10.4 Å². The third-order valence-corrected chi connectivity index (χ3v) is 3.74. The van der Waals surface area contributed by atoms with Crippen LogP contribution in [0.5, 0.6) is 5.75 Å². The maximum atomic E-state index is 12.5. The lowest BCUT2D eigenvalue weighted by atomic mass is 9.93. The Morgan fingerprint density at radius 1 is 1.09 bits per heavy atom. The lowest BCUT2D eigenvalue weighted by Gasteiger charge is -2.17. The first kappa shape index (κ1) is 16.1. The van der Waals surface area contributed by atoms with E-state index in [2.05, 4.69) is 24.4 Å². The minimum Gasteiger partial charge on any atom is -0.508 e. The summed E-state index contributed by atoms with van der Waals surface area (Å²) in [6.45, 7) is 2.14. The molecule has 0 aliphatic rings. The zero-order valence-electron chi connectivity index (χ0n) is 13.0. The molecule has 3 nitrogen and oxygen atoms in total. The van der Waals surface area contributed by atoms with E-state index in [1.165, 1.54) is 5.56 Å². The molecule has 0 saturated carbocycles. The lowest BCUT2D eigenvalue weighted by molar-refractivity contribution is -0.120. The maximum absolute atomic E-state index is 12.5. The number of phenolic OH excluding ortho intramolecular Hbond substituents is 1. The zero-order valence-corrected chi connectivity index (χ0v) is 13.0. The molecule has 0 radical (unpaired) electrons. The van der Waals surface area contributed by atoms with E-state index in [1.54, 1.807) is 24.3 Å². The van der Waals surface area contributed by atoms with E-state index in [1.807, 2.05) is 18.2 Å². The number of carbonyl (C=O) groups is 1. The summed E-state index contributed by atoms with van der Waals surface area (Å²) >= 11 is 0. The van der Waals surface area contributed by atoms with Crippen LogP contribution in [0.3, 0.4) is 0 Å². The van der Waals surface area contributed by atoms with E-state index in [9.17, 15) is 9.90 Å². The number of benzene rings is 2. The Hall–Kier alpha value is -2.29. The van der Waals surface area contributed by atoms with Crippen LogP contribution in [0.4, 0.5) is 5.69 Å². The number of aromatic hydroxyl groups is 1. The highest BCUT2D eigenvalue weighted by molar-refractivity contribution is 5.92. The van der Waals surface area contributed by atoms with Crippen molar-refractivity contribution in [3.8, 4) is 5.75 Å². The number of anilines is 1. The summed E-state index contributed by atoms with van der Waals surface area (Å²) in [6.07, 6.45) is 3.76. The molecule has 22 heavy (non-hydrogen) atoms. The fourth-order valence-electron chi connectivity index (χ4n) is 2.46. The highest BCUT2D eigenvalue weighted by Gasteiger charge is 2.18. The smallest absolute Gasteiger partial charge is 0.227 e. The third kappa shape index (κ3) is 4.92. The van der Waals surface area contributed by atoms with Gasteiger partial charge in [-0.15, -0.1) is 0 Å². The number of amides is 1. The zero-order chi connectivity index (χ0) is 15.8. The van der Waals surface area contributed by atoms with Gasteiger partial charge in [-0.25, -0.2) is 0 Å². The summed E-state index contributed by atoms with van der Waals surface area (Å²) in [5.41, 5.74) is 1.90. The van der Waals surface area contributed by atoms with Crippen LogP contribution in [0.25, 0.3) is 0 Å². The third-order valence-electron chi connectivity index (χ3n) is 3.74. The predicted octanol–water partition coefficient (Wildman–Crippen LogP) is 4.38. The molecule has 0 aromatic heterocycles. The van der Waals surface area contributed by atoms with Crippen molar-refractivity contribution in [2.45, 2.75) is 32.6 Å². The van der Waals surface area contributed by atoms with Crippen molar-refractivity contribution in [2.75, 3.05) is 5.32 Å². The predicted molar refractivity (Wildman–Crippen MR) is 89.9 cm³/mol. The Balaban J connectivity index is 2.03. The standard InChI is InChI=1S/C19H23NO2/c1-2-3-9-16(14-15-7-5-4-6-8-15)19(22)20-17-10-12-18(21)13-11-17/h4-8,10-13,16,21H,2-3,9,14H2,1H3,(H,20,22)/t16-/m1/s1. The Bertz CT molecular complexity index is 578. The molecule has 2 rings (SSSR count). The number of unbranched alkanes of at least 4 members (excludes halogenated alkanes) is 1. The van der Waals surface area contributed by atoms with Crippen molar-refractivity contribution in [3.05, 3.63) is 60.2 Å². The Kier molecular flexibility index (Phi) is 6.01. The van der Waals surface area contributed by atoms with Gasteiger partial charge in [0.25, 0.3) is 0 Å². The molecule has 0 spiro atoms. The first-order valence-corrected chi connectivity index (χ1v) is 7.83. The molecular weight excluding hydrogens is 274 g/mol. The molecule has 0 aliphatic carbocycles. The summed E-state index contributed by atoms with van der Waals surface area (Å²) in [7, 11) is 0. The summed E-state index contributed by atoms with van der Waals surface area (Å²) in [6, 6.07) is 16.7. The number of hydrogen-bond donors (Lipinski definition) is 2. The van der Waals surface area contributed by atoms with E-state index < -0.39 is 0 Å². The molecule has 0 fully saturated rings. The maximum Gasteiger partial charge on any atom is 0.227 e. The van der Waals surface area contributed by atoms with Gasteiger partial charge in [0.1, 0.15) is 5.75 Å². The average molecular weight is 297 g/mol. The van der Waals surface area contributed by atoms with Gasteiger partial charge in [0.15, 0.2) is 0 Å². The molecular formula is C19H23NO2. The van der Waals surface area contributed by atoms with Crippen LogP contribution in [0, 0.1) is 5.92 Å². The van der Waals surface area contributed by atoms with Gasteiger partial charge in [-0.3, -0.25) is 4.79 Å². The quantitative estimate of drug-likeness (QED) is 0.745. The van der Waals surface area contributed by atoms with Crippen molar-refractivity contribution < 1.29 is 9.90 Å². The van der Waals surface area contributed by atoms with Gasteiger partial charge in [-0.2, -0.15) is 0 Å². The summed E-state index contributed by atoms with van der Waals surface area (Å²) < 4.78 is 0. The van der Waals surface area contributed by atoms with Gasteiger partial charge in [-0.1, -0.05) is 50.1 Å². The average Bonchev–Trinajstić information content (AvgIpc) is 2.54. The molecule has 1 atom stereocenters. The molecule has 116 valence electrons. The minimum atomic E-state index is -0.0313. The molecule has 0 bridgehead atoms. The monoisotopic (exact) mass is 297 g/mol. The summed E-state index contributed by atoms with van der Waals surface area (Å²) in [5, 5.41) is 12.2. The Labute approximate surface area is 132 Å². The number of nitrogens with one attached hydrogen (secondary N) is 1. The van der Waals surface area contributed by atoms with Gasteiger partial charge >= 0.3 is 0 Å². The number of carbonyl (C=O) groups excluding carboxylic acids is 1. The fourth-order valence-corrected chi connectivity index (χ4v) is 2.46. The highest BCUT2D eigenvalue weighted by atomic mass is 16.3. The first-order valence-electron chi connectivity index (χ1n) is 7.83. The molecule has 0 unspecified atom stereocenters. The summed E-state index contributed by atoms with van der Waals surface area (Å²) in [5.74, 6) is 0.212. The van der Waals surface area contributed by atoms with Crippen molar-refractivity contribution >= 4 is 11.6 Å². The highest BCUT2D eigenvalue weighted by Crippen LogP contribution is 2.19. The normalized spacial score (nSPS) is 11.9. The van der Waals surface area contributed by atoms with Crippen molar-refractivity contribution in [1.29, 1.82) is 0 Å². The second kappa shape index (κ2) is 8.23. The van der Waals surface area contributed by atoms with Gasteiger partial charge in [-0.05, 0) is 42.7 Å². The topological polar surface area (TPSA) is 49.3 Å². The second-order valence-corrected chi connectivity index (χ2v) is 5.56. The molecule has 1 amide bonds. The Morgan fingerprint density at radius 3 is 2.41 bits per heavy atom. The molecule has 2 aromatic carbocycles. The van der Waals surface area contributed by atoms with Crippen LogP contribution in [0.15, 0.2) is 54.6 Å². The van der Waals surface area contributed by atoms with E-state index in [-0.39, 0.29) is 17.6 Å². The minimum absolute atomic E-state index is 0.0313. The molecule has 2 aromatic rings. The second-order valence-electron chi connectivity index (χ2n) is 5.56. The molecule has 0 saturated heterocycles. The van der Waals surface area contributed by atoms with E-state index in [4.69, 9.17) is 0 Å². The van der Waals surface area contributed by atoms with E-state index >= 15 is 0 Å². The molecule has 3 heteroatoms. The number of phenols is 1. The van der Waals surface area contributed by atoms with Crippen LogP contribution in [0.1, 0.15) is 31.7 Å². The largest absolute Gasteiger partial charge is 0.508 e. The number of hydrogen-bond acceptors (Lipinski definition) is 2. The lowest BCUT2D eigenvalue weighted by Crippen LogP contribution is -2.24. The fraction of sp³-hybridized carbons (Fsp3) is 0.316. The first-order chi connectivity index (χ1) is 10.7. The van der Waals surface area contributed by atoms with Gasteiger partial charge in [0.2, 0.25) is 5.91 Å². The SMILES string of the molecule is CCCC[C@H](Cc1ccccc1)C(=O)Nc1ccc(O)cc1. The van der Waals surface area contributed by atoms with Crippen LogP contribution < -0.4 is 5.32 Å². The van der Waals surface area contributed by atoms with Gasteiger partial charge in [0.05, 0.1) is 0 Å². The Morgan fingerprint density at radius 2 is 1.77 bits per heavy atom. The van der Waals surface area contributed by atoms with Crippen LogP contribution >= 0.6 is 0 Å². The molecule has 0 heterocycles. The molecule has 0 aliphatic heterocycles. The van der Waals surface area contributed by atoms with Crippen molar-refractivity contribution in [3.63, 3.8) is 0 Å². The summed E-state index contributed by atoms with van der Waals surface area (Å²) in [4.78, 5) is 12.5. The molecule has 2 N–H and O–H groups in total. The van der Waals surface area contributed by atoms with Gasteiger partial charge in [0, 0.05) is 11.6 Å². The van der Waals surface area contributed by atoms with Crippen LogP contribution in [-0.4, -0.2) is 11.0 Å². The van der Waals surface area contributed by atoms with Crippen LogP contribution in [-0.2, 0) is 11.2 Å². The van der Waals surface area contributed by atoms with Crippen LogP contribution in [0.2, 0.25) is 0 Å². The number of rotatable bonds is 7. The van der Waals surface area contributed by atoms with Crippen molar-refractivity contribution in [2.24, 2.45) is 5.92 Å².